The van der Waals surface area contributed by atoms with Gasteiger partial charge in [0.15, 0.2) is 0 Å². The van der Waals surface area contributed by atoms with Crippen LogP contribution in [0.2, 0.25) is 0 Å². The molecule has 0 unspecified atom stereocenters. The van der Waals surface area contributed by atoms with E-state index in [-0.39, 0.29) is 5.56 Å². The number of fused-ring (bicyclic) bond motifs is 1. The van der Waals surface area contributed by atoms with E-state index < -0.39 is 5.97 Å². The van der Waals surface area contributed by atoms with Crippen LogP contribution in [0.5, 0.6) is 0 Å². The van der Waals surface area contributed by atoms with Crippen molar-refractivity contribution in [2.75, 3.05) is 0 Å². The van der Waals surface area contributed by atoms with Crippen LogP contribution in [-0.4, -0.2) is 25.6 Å². The van der Waals surface area contributed by atoms with Gasteiger partial charge in [-0.15, -0.1) is 11.3 Å². The van der Waals surface area contributed by atoms with Gasteiger partial charge in [-0.2, -0.15) is 0 Å². The molecule has 0 aliphatic carbocycles. The third kappa shape index (κ3) is 2.42. The molecular formula is C14H13N3O2S. The van der Waals surface area contributed by atoms with Crippen LogP contribution in [0.25, 0.3) is 11.0 Å². The summed E-state index contributed by atoms with van der Waals surface area (Å²) in [6.07, 6.45) is 2.57. The van der Waals surface area contributed by atoms with Gasteiger partial charge in [-0.3, -0.25) is 0 Å². The lowest BCUT2D eigenvalue weighted by Gasteiger charge is -2.03. The van der Waals surface area contributed by atoms with Crippen LogP contribution in [0.15, 0.2) is 29.9 Å². The maximum Gasteiger partial charge on any atom is 0.335 e. The number of carbonyl (C=O) groups is 1. The van der Waals surface area contributed by atoms with Gasteiger partial charge in [0.1, 0.15) is 0 Å². The molecule has 3 rings (SSSR count). The van der Waals surface area contributed by atoms with E-state index in [1.807, 2.05) is 16.9 Å². The van der Waals surface area contributed by atoms with Gasteiger partial charge in [-0.25, -0.2) is 14.8 Å². The van der Waals surface area contributed by atoms with E-state index in [2.05, 4.69) is 9.97 Å². The maximum absolute atomic E-state index is 11.0. The van der Waals surface area contributed by atoms with Crippen molar-refractivity contribution in [3.8, 4) is 0 Å². The molecule has 2 heterocycles. The number of aromatic carboxylic acids is 1. The molecule has 5 nitrogen and oxygen atoms in total. The van der Waals surface area contributed by atoms with E-state index >= 15 is 0 Å². The van der Waals surface area contributed by atoms with Crippen LogP contribution in [0.3, 0.4) is 0 Å². The molecule has 0 saturated heterocycles. The molecule has 3 aromatic rings. The zero-order valence-corrected chi connectivity index (χ0v) is 11.7. The van der Waals surface area contributed by atoms with Gasteiger partial charge in [-0.1, -0.05) is 0 Å². The Morgan fingerprint density at radius 1 is 1.45 bits per heavy atom. The molecule has 0 spiro atoms. The summed E-state index contributed by atoms with van der Waals surface area (Å²) in [7, 11) is 0. The summed E-state index contributed by atoms with van der Waals surface area (Å²) in [4.78, 5) is 19.7. The predicted molar refractivity (Wildman–Crippen MR) is 77.2 cm³/mol. The molecule has 0 saturated carbocycles. The molecule has 1 N–H and O–H groups in total. The Bertz CT molecular complexity index is 776. The minimum absolute atomic E-state index is 0.282. The second kappa shape index (κ2) is 5.05. The normalized spacial score (nSPS) is 11.1. The highest BCUT2D eigenvalue weighted by molar-refractivity contribution is 7.09. The molecule has 0 atom stereocenters. The summed E-state index contributed by atoms with van der Waals surface area (Å²) < 4.78 is 1.97. The van der Waals surface area contributed by atoms with Gasteiger partial charge in [-0.05, 0) is 25.1 Å². The summed E-state index contributed by atoms with van der Waals surface area (Å²) in [5, 5.41) is 12.2. The van der Waals surface area contributed by atoms with E-state index in [0.29, 0.717) is 0 Å². The molecule has 102 valence electrons. The molecule has 0 amide bonds. The van der Waals surface area contributed by atoms with Crippen LogP contribution in [0.1, 0.15) is 21.1 Å². The third-order valence-corrected chi connectivity index (χ3v) is 4.13. The van der Waals surface area contributed by atoms with Gasteiger partial charge in [0.05, 0.1) is 27.9 Å². The van der Waals surface area contributed by atoms with E-state index in [1.54, 1.807) is 35.9 Å². The highest BCUT2D eigenvalue weighted by Crippen LogP contribution is 2.17. The summed E-state index contributed by atoms with van der Waals surface area (Å²) >= 11 is 1.65. The fourth-order valence-corrected chi connectivity index (χ4v) is 2.87. The average Bonchev–Trinajstić information content (AvgIpc) is 3.02. The first kappa shape index (κ1) is 12.8. The molecule has 0 aliphatic rings. The summed E-state index contributed by atoms with van der Waals surface area (Å²) in [6, 6.07) is 4.98. The van der Waals surface area contributed by atoms with Crippen molar-refractivity contribution >= 4 is 28.3 Å². The Labute approximate surface area is 119 Å². The number of thiazole rings is 1. The molecule has 2 aromatic heterocycles. The van der Waals surface area contributed by atoms with Crippen molar-refractivity contribution in [3.05, 3.63) is 46.2 Å². The smallest absolute Gasteiger partial charge is 0.335 e. The van der Waals surface area contributed by atoms with E-state index in [4.69, 9.17) is 5.11 Å². The quantitative estimate of drug-likeness (QED) is 0.801. The number of aromatic nitrogens is 3. The van der Waals surface area contributed by atoms with Crippen LogP contribution in [-0.2, 0) is 13.0 Å². The van der Waals surface area contributed by atoms with Crippen LogP contribution < -0.4 is 0 Å². The van der Waals surface area contributed by atoms with Gasteiger partial charge in [0.2, 0.25) is 0 Å². The van der Waals surface area contributed by atoms with E-state index in [0.717, 1.165) is 34.7 Å². The molecule has 1 aromatic carbocycles. The largest absolute Gasteiger partial charge is 0.478 e. The minimum atomic E-state index is -0.921. The second-order valence-corrected chi connectivity index (χ2v) is 5.52. The average molecular weight is 287 g/mol. The van der Waals surface area contributed by atoms with Crippen molar-refractivity contribution in [3.63, 3.8) is 0 Å². The Hall–Kier alpha value is -2.21. The maximum atomic E-state index is 11.0. The second-order valence-electron chi connectivity index (χ2n) is 4.58. The third-order valence-electron chi connectivity index (χ3n) is 3.10. The first-order chi connectivity index (χ1) is 9.63. The number of hydrogen-bond donors (Lipinski definition) is 1. The van der Waals surface area contributed by atoms with Crippen LogP contribution >= 0.6 is 11.3 Å². The van der Waals surface area contributed by atoms with Crippen molar-refractivity contribution in [1.82, 2.24) is 14.5 Å². The SMILES string of the molecule is Cc1csc(CCn2cnc3ccc(C(=O)O)cc32)n1. The number of nitrogens with zero attached hydrogens (tertiary/aromatic N) is 3. The van der Waals surface area contributed by atoms with Gasteiger partial charge in [0, 0.05) is 24.0 Å². The minimum Gasteiger partial charge on any atom is -0.478 e. The van der Waals surface area contributed by atoms with Crippen molar-refractivity contribution in [2.45, 2.75) is 19.9 Å². The Morgan fingerprint density at radius 3 is 3.00 bits per heavy atom. The lowest BCUT2D eigenvalue weighted by molar-refractivity contribution is 0.0697. The zero-order chi connectivity index (χ0) is 14.1. The lowest BCUT2D eigenvalue weighted by Crippen LogP contribution is -2.01. The topological polar surface area (TPSA) is 68.0 Å². The van der Waals surface area contributed by atoms with Crippen LogP contribution in [0.4, 0.5) is 0 Å². The number of carboxylic acid groups (broad SMARTS) is 1. The van der Waals surface area contributed by atoms with Gasteiger partial charge < -0.3 is 9.67 Å². The number of benzene rings is 1. The summed E-state index contributed by atoms with van der Waals surface area (Å²) in [5.74, 6) is -0.921. The van der Waals surface area contributed by atoms with Crippen molar-refractivity contribution < 1.29 is 9.90 Å². The Kier molecular flexibility index (Phi) is 3.23. The van der Waals surface area contributed by atoms with E-state index in [1.165, 1.54) is 0 Å². The number of imidazole rings is 1. The summed E-state index contributed by atoms with van der Waals surface area (Å²) in [5.41, 5.74) is 2.97. The fourth-order valence-electron chi connectivity index (χ4n) is 2.10. The number of hydrogen-bond acceptors (Lipinski definition) is 4. The first-order valence-corrected chi connectivity index (χ1v) is 7.10. The molecule has 0 fully saturated rings. The molecule has 20 heavy (non-hydrogen) atoms. The summed E-state index contributed by atoms with van der Waals surface area (Å²) in [6.45, 7) is 2.72. The standard InChI is InChI=1S/C14H13N3O2S/c1-9-7-20-13(16-9)4-5-17-8-15-11-3-2-10(14(18)19)6-12(11)17/h2-3,6-8H,4-5H2,1H3,(H,18,19). The molecule has 0 bridgehead atoms. The monoisotopic (exact) mass is 287 g/mol. The molecule has 0 radical (unpaired) electrons. The zero-order valence-electron chi connectivity index (χ0n) is 10.9. The number of aryl methyl sites for hydroxylation is 3. The number of carboxylic acids is 1. The van der Waals surface area contributed by atoms with Crippen molar-refractivity contribution in [1.29, 1.82) is 0 Å². The Balaban J connectivity index is 1.87. The first-order valence-electron chi connectivity index (χ1n) is 6.22. The molecule has 0 aliphatic heterocycles. The van der Waals surface area contributed by atoms with Crippen molar-refractivity contribution in [2.24, 2.45) is 0 Å². The van der Waals surface area contributed by atoms with Gasteiger partial charge >= 0.3 is 5.97 Å². The molecule has 6 heteroatoms. The molecular weight excluding hydrogens is 274 g/mol. The van der Waals surface area contributed by atoms with Gasteiger partial charge in [0.25, 0.3) is 0 Å². The fraction of sp³-hybridized carbons (Fsp3) is 0.214. The highest BCUT2D eigenvalue weighted by atomic mass is 32.1. The van der Waals surface area contributed by atoms with E-state index in [9.17, 15) is 4.79 Å². The number of rotatable bonds is 4. The lowest BCUT2D eigenvalue weighted by atomic mass is 10.2. The Morgan fingerprint density at radius 2 is 2.30 bits per heavy atom. The predicted octanol–water partition coefficient (Wildman–Crippen LogP) is 2.74. The van der Waals surface area contributed by atoms with Crippen LogP contribution in [0, 0.1) is 6.92 Å². The highest BCUT2D eigenvalue weighted by Gasteiger charge is 2.08.